The summed E-state index contributed by atoms with van der Waals surface area (Å²) in [5.41, 5.74) is 4.85. The molecule has 0 radical (unpaired) electrons. The van der Waals surface area contributed by atoms with Crippen molar-refractivity contribution in [1.82, 2.24) is 19.9 Å². The molecule has 0 spiro atoms. The van der Waals surface area contributed by atoms with Gasteiger partial charge in [0.2, 0.25) is 5.91 Å². The highest BCUT2D eigenvalue weighted by molar-refractivity contribution is 9.10. The van der Waals surface area contributed by atoms with Gasteiger partial charge in [-0.15, -0.1) is 0 Å². The van der Waals surface area contributed by atoms with Crippen molar-refractivity contribution in [2.75, 3.05) is 18.4 Å². The minimum atomic E-state index is 0.00827. The highest BCUT2D eigenvalue weighted by Gasteiger charge is 2.26. The van der Waals surface area contributed by atoms with Crippen molar-refractivity contribution < 1.29 is 4.79 Å². The van der Waals surface area contributed by atoms with E-state index in [1.165, 1.54) is 11.1 Å². The first-order chi connectivity index (χ1) is 15.6. The van der Waals surface area contributed by atoms with E-state index in [-0.39, 0.29) is 11.8 Å². The second-order valence-electron chi connectivity index (χ2n) is 7.83. The summed E-state index contributed by atoms with van der Waals surface area (Å²) in [6.07, 6.45) is 3.33. The smallest absolute Gasteiger partial charge is 0.223 e. The minimum Gasteiger partial charge on any atom is -0.368 e. The quantitative estimate of drug-likeness (QED) is 0.367. The molecule has 5 rings (SSSR count). The lowest BCUT2D eigenvalue weighted by Crippen LogP contribution is -2.34. The minimum absolute atomic E-state index is 0.00827. The number of nitrogens with zero attached hydrogens (tertiary/aromatic N) is 3. The standard InChI is InChI=1S/C24H21BrClN5O/c25-19-14-29-31-22(13-21(30-23(19)31)18-7-3-4-8-20(18)26)27-9-10-28-24(32)17-11-15-5-1-2-6-16(15)12-17/h1-8,13-14,17,27H,9-12H2,(H,28,32). The van der Waals surface area contributed by atoms with Gasteiger partial charge in [0.15, 0.2) is 5.65 Å². The summed E-state index contributed by atoms with van der Waals surface area (Å²) >= 11 is 9.90. The van der Waals surface area contributed by atoms with E-state index in [1.54, 1.807) is 10.7 Å². The molecule has 6 nitrogen and oxygen atoms in total. The lowest BCUT2D eigenvalue weighted by Gasteiger charge is -2.13. The highest BCUT2D eigenvalue weighted by atomic mass is 79.9. The summed E-state index contributed by atoms with van der Waals surface area (Å²) < 4.78 is 2.53. The van der Waals surface area contributed by atoms with Gasteiger partial charge in [-0.1, -0.05) is 54.1 Å². The summed E-state index contributed by atoms with van der Waals surface area (Å²) in [4.78, 5) is 17.3. The van der Waals surface area contributed by atoms with Crippen LogP contribution in [-0.4, -0.2) is 33.6 Å². The zero-order valence-electron chi connectivity index (χ0n) is 17.2. The van der Waals surface area contributed by atoms with Gasteiger partial charge in [-0.2, -0.15) is 9.61 Å². The van der Waals surface area contributed by atoms with Crippen molar-refractivity contribution in [3.8, 4) is 11.3 Å². The molecule has 0 saturated heterocycles. The van der Waals surface area contributed by atoms with Crippen LogP contribution in [-0.2, 0) is 17.6 Å². The first-order valence-corrected chi connectivity index (χ1v) is 11.6. The highest BCUT2D eigenvalue weighted by Crippen LogP contribution is 2.30. The number of halogens is 2. The van der Waals surface area contributed by atoms with E-state index in [2.05, 4.69) is 43.8 Å². The van der Waals surface area contributed by atoms with Gasteiger partial charge in [0.1, 0.15) is 5.82 Å². The molecule has 0 fully saturated rings. The zero-order chi connectivity index (χ0) is 22.1. The van der Waals surface area contributed by atoms with Crippen molar-refractivity contribution in [3.05, 3.63) is 81.4 Å². The van der Waals surface area contributed by atoms with E-state index in [1.807, 2.05) is 42.5 Å². The third-order valence-electron chi connectivity index (χ3n) is 5.73. The van der Waals surface area contributed by atoms with Gasteiger partial charge in [-0.3, -0.25) is 4.79 Å². The molecule has 2 aromatic heterocycles. The average molecular weight is 511 g/mol. The first-order valence-electron chi connectivity index (χ1n) is 10.5. The van der Waals surface area contributed by atoms with Gasteiger partial charge in [0.25, 0.3) is 0 Å². The Labute approximate surface area is 199 Å². The number of nitrogens with one attached hydrogen (secondary N) is 2. The fraction of sp³-hybridized carbons (Fsp3) is 0.208. The molecule has 0 saturated carbocycles. The second-order valence-corrected chi connectivity index (χ2v) is 9.09. The lowest BCUT2D eigenvalue weighted by atomic mass is 10.1. The fourth-order valence-corrected chi connectivity index (χ4v) is 4.71. The Morgan fingerprint density at radius 2 is 1.81 bits per heavy atom. The second kappa shape index (κ2) is 8.92. The molecule has 32 heavy (non-hydrogen) atoms. The molecular formula is C24H21BrClN5O. The van der Waals surface area contributed by atoms with Gasteiger partial charge in [-0.25, -0.2) is 4.98 Å². The number of fused-ring (bicyclic) bond motifs is 2. The maximum atomic E-state index is 12.6. The van der Waals surface area contributed by atoms with Crippen molar-refractivity contribution in [3.63, 3.8) is 0 Å². The van der Waals surface area contributed by atoms with Crippen LogP contribution in [0.3, 0.4) is 0 Å². The van der Waals surface area contributed by atoms with Gasteiger partial charge < -0.3 is 10.6 Å². The molecule has 8 heteroatoms. The molecule has 1 amide bonds. The van der Waals surface area contributed by atoms with Crippen LogP contribution in [0.2, 0.25) is 5.02 Å². The van der Waals surface area contributed by atoms with Crippen molar-refractivity contribution in [2.45, 2.75) is 12.8 Å². The number of carbonyl (C=O) groups is 1. The molecule has 0 aliphatic heterocycles. The van der Waals surface area contributed by atoms with Crippen LogP contribution >= 0.6 is 27.5 Å². The molecule has 4 aromatic rings. The van der Waals surface area contributed by atoms with Gasteiger partial charge in [-0.05, 0) is 46.0 Å². The van der Waals surface area contributed by atoms with Gasteiger partial charge in [0, 0.05) is 35.7 Å². The predicted molar refractivity (Wildman–Crippen MR) is 130 cm³/mol. The molecule has 2 aromatic carbocycles. The Hall–Kier alpha value is -2.90. The van der Waals surface area contributed by atoms with Crippen molar-refractivity contribution in [1.29, 1.82) is 0 Å². The molecule has 0 unspecified atom stereocenters. The Bertz CT molecular complexity index is 1280. The van der Waals surface area contributed by atoms with Crippen LogP contribution in [0.1, 0.15) is 11.1 Å². The topological polar surface area (TPSA) is 71.3 Å². The third kappa shape index (κ3) is 4.10. The van der Waals surface area contributed by atoms with Gasteiger partial charge >= 0.3 is 0 Å². The van der Waals surface area contributed by atoms with Crippen LogP contribution in [0.4, 0.5) is 5.82 Å². The Morgan fingerprint density at radius 1 is 1.09 bits per heavy atom. The van der Waals surface area contributed by atoms with Crippen molar-refractivity contribution >= 4 is 44.9 Å². The molecule has 162 valence electrons. The maximum absolute atomic E-state index is 12.6. The summed E-state index contributed by atoms with van der Waals surface area (Å²) in [7, 11) is 0. The number of amides is 1. The molecular weight excluding hydrogens is 490 g/mol. The molecule has 2 heterocycles. The molecule has 1 aliphatic rings. The number of hydrogen-bond donors (Lipinski definition) is 2. The van der Waals surface area contributed by atoms with Crippen LogP contribution in [0.5, 0.6) is 0 Å². The fourth-order valence-electron chi connectivity index (χ4n) is 4.13. The largest absolute Gasteiger partial charge is 0.368 e. The van der Waals surface area contributed by atoms with E-state index in [0.29, 0.717) is 23.8 Å². The Balaban J connectivity index is 1.26. The molecule has 2 N–H and O–H groups in total. The number of carbonyl (C=O) groups excluding carboxylic acids is 1. The number of rotatable bonds is 6. The van der Waals surface area contributed by atoms with E-state index in [4.69, 9.17) is 16.6 Å². The maximum Gasteiger partial charge on any atom is 0.223 e. The summed E-state index contributed by atoms with van der Waals surface area (Å²) in [6, 6.07) is 17.8. The summed E-state index contributed by atoms with van der Waals surface area (Å²) in [6.45, 7) is 1.07. The van der Waals surface area contributed by atoms with Crippen LogP contribution < -0.4 is 10.6 Å². The average Bonchev–Trinajstić information content (AvgIpc) is 3.41. The van der Waals surface area contributed by atoms with Crippen LogP contribution in [0.15, 0.2) is 65.3 Å². The first kappa shape index (κ1) is 21.0. The van der Waals surface area contributed by atoms with Crippen LogP contribution in [0.25, 0.3) is 16.9 Å². The van der Waals surface area contributed by atoms with E-state index < -0.39 is 0 Å². The van der Waals surface area contributed by atoms with E-state index in [0.717, 1.165) is 34.4 Å². The normalized spacial score (nSPS) is 13.3. The monoisotopic (exact) mass is 509 g/mol. The van der Waals surface area contributed by atoms with Crippen molar-refractivity contribution in [2.24, 2.45) is 5.92 Å². The number of benzene rings is 2. The summed E-state index contributed by atoms with van der Waals surface area (Å²) in [5.74, 6) is 0.883. The van der Waals surface area contributed by atoms with Gasteiger partial charge in [0.05, 0.1) is 16.4 Å². The van der Waals surface area contributed by atoms with E-state index >= 15 is 0 Å². The zero-order valence-corrected chi connectivity index (χ0v) is 19.5. The number of anilines is 1. The Morgan fingerprint density at radius 3 is 2.56 bits per heavy atom. The predicted octanol–water partition coefficient (Wildman–Crippen LogP) is 4.76. The molecule has 1 aliphatic carbocycles. The molecule has 0 bridgehead atoms. The SMILES string of the molecule is O=C(NCCNc1cc(-c2ccccc2Cl)nc2c(Br)cnn12)C1Cc2ccccc2C1. The lowest BCUT2D eigenvalue weighted by molar-refractivity contribution is -0.124. The Kier molecular flexibility index (Phi) is 5.85. The van der Waals surface area contributed by atoms with Crippen LogP contribution in [0, 0.1) is 5.92 Å². The number of hydrogen-bond acceptors (Lipinski definition) is 4. The third-order valence-corrected chi connectivity index (χ3v) is 6.62. The van der Waals surface area contributed by atoms with E-state index in [9.17, 15) is 4.79 Å². The summed E-state index contributed by atoms with van der Waals surface area (Å²) in [5, 5.41) is 11.5. The number of aromatic nitrogens is 3. The molecule has 0 atom stereocenters.